The van der Waals surface area contributed by atoms with Crippen molar-refractivity contribution in [2.24, 2.45) is 21.0 Å². The Hall–Kier alpha value is -1.70. The fourth-order valence-electron chi connectivity index (χ4n) is 1.08. The van der Waals surface area contributed by atoms with Crippen molar-refractivity contribution >= 4 is 28.7 Å². The monoisotopic (exact) mass is 225 g/mol. The second-order valence-electron chi connectivity index (χ2n) is 2.83. The highest BCUT2D eigenvalue weighted by atomic mass is 32.2. The molecule has 15 heavy (non-hydrogen) atoms. The number of azo groups is 1. The minimum absolute atomic E-state index is 0.0715. The smallest absolute Gasteiger partial charge is 0.258 e. The number of carbonyl (C=O) groups excluding carboxylic acids is 2. The average Bonchev–Trinajstić information content (AvgIpc) is 2.63. The first-order valence-corrected chi connectivity index (χ1v) is 5.05. The van der Waals surface area contributed by atoms with Crippen LogP contribution in [0.1, 0.15) is 0 Å². The van der Waals surface area contributed by atoms with Gasteiger partial charge in [0.25, 0.3) is 5.91 Å². The summed E-state index contributed by atoms with van der Waals surface area (Å²) in [5.74, 6) is -0.680. The summed E-state index contributed by atoms with van der Waals surface area (Å²) in [4.78, 5) is 26.0. The van der Waals surface area contributed by atoms with Crippen molar-refractivity contribution in [1.82, 2.24) is 5.32 Å². The Morgan fingerprint density at radius 1 is 1.67 bits per heavy atom. The van der Waals surface area contributed by atoms with Crippen molar-refractivity contribution in [2.75, 3.05) is 5.75 Å². The van der Waals surface area contributed by atoms with E-state index in [0.717, 1.165) is 11.8 Å². The molecule has 0 aliphatic carbocycles. The first-order valence-electron chi connectivity index (χ1n) is 4.07. The van der Waals surface area contributed by atoms with E-state index in [4.69, 9.17) is 5.73 Å². The zero-order valence-electron chi connectivity index (χ0n) is 7.51. The van der Waals surface area contributed by atoms with Crippen LogP contribution >= 0.6 is 11.8 Å². The van der Waals surface area contributed by atoms with E-state index >= 15 is 0 Å². The number of nitrogens with two attached hydrogens (primary N) is 1. The van der Waals surface area contributed by atoms with Crippen molar-refractivity contribution < 1.29 is 9.59 Å². The van der Waals surface area contributed by atoms with E-state index in [1.54, 1.807) is 0 Å². The Bertz CT molecular complexity index is 414. The van der Waals surface area contributed by atoms with E-state index < -0.39 is 12.1 Å². The molecular formula is C7H7N5O2S. The number of thioether (sulfide) groups is 1. The average molecular weight is 225 g/mol. The van der Waals surface area contributed by atoms with Crippen molar-refractivity contribution in [2.45, 2.75) is 6.17 Å². The highest BCUT2D eigenvalue weighted by Crippen LogP contribution is 2.21. The highest BCUT2D eigenvalue weighted by molar-refractivity contribution is 8.14. The van der Waals surface area contributed by atoms with E-state index in [2.05, 4.69) is 20.5 Å². The van der Waals surface area contributed by atoms with Gasteiger partial charge in [-0.05, 0) is 0 Å². The SMILES string of the molecule is NC(=O)CSC1=NC2N=NC=C2C(=O)N1. The number of amides is 2. The molecule has 2 aliphatic heterocycles. The summed E-state index contributed by atoms with van der Waals surface area (Å²) >= 11 is 1.07. The lowest BCUT2D eigenvalue weighted by molar-refractivity contribution is -0.117. The van der Waals surface area contributed by atoms with Gasteiger partial charge in [-0.2, -0.15) is 10.2 Å². The third kappa shape index (κ3) is 2.04. The predicted octanol–water partition coefficient (Wildman–Crippen LogP) is -0.634. The minimum atomic E-state index is -0.561. The molecule has 1 unspecified atom stereocenters. The van der Waals surface area contributed by atoms with E-state index in [1.165, 1.54) is 6.20 Å². The molecule has 7 nitrogen and oxygen atoms in total. The van der Waals surface area contributed by atoms with E-state index in [0.29, 0.717) is 10.7 Å². The molecule has 0 aromatic heterocycles. The summed E-state index contributed by atoms with van der Waals surface area (Å²) in [5.41, 5.74) is 5.39. The maximum absolute atomic E-state index is 11.4. The van der Waals surface area contributed by atoms with Gasteiger partial charge in [0.15, 0.2) is 11.3 Å². The van der Waals surface area contributed by atoms with Gasteiger partial charge < -0.3 is 11.1 Å². The van der Waals surface area contributed by atoms with Crippen molar-refractivity contribution in [3.8, 4) is 0 Å². The van der Waals surface area contributed by atoms with Gasteiger partial charge in [-0.25, -0.2) is 4.99 Å². The van der Waals surface area contributed by atoms with Crippen LogP contribution in [0.15, 0.2) is 27.0 Å². The van der Waals surface area contributed by atoms with Crippen LogP contribution in [-0.4, -0.2) is 28.9 Å². The zero-order chi connectivity index (χ0) is 10.8. The quantitative estimate of drug-likeness (QED) is 0.652. The van der Waals surface area contributed by atoms with Crippen molar-refractivity contribution in [3.63, 3.8) is 0 Å². The lowest BCUT2D eigenvalue weighted by atomic mass is 10.2. The van der Waals surface area contributed by atoms with Crippen LogP contribution in [-0.2, 0) is 9.59 Å². The van der Waals surface area contributed by atoms with Crippen LogP contribution in [0.3, 0.4) is 0 Å². The number of amidine groups is 1. The summed E-state index contributed by atoms with van der Waals surface area (Å²) in [5, 5.41) is 10.2. The van der Waals surface area contributed by atoms with Crippen molar-refractivity contribution in [3.05, 3.63) is 11.8 Å². The topological polar surface area (TPSA) is 109 Å². The van der Waals surface area contributed by atoms with Gasteiger partial charge in [-0.15, -0.1) is 0 Å². The van der Waals surface area contributed by atoms with Crippen LogP contribution < -0.4 is 11.1 Å². The third-order valence-electron chi connectivity index (χ3n) is 1.72. The van der Waals surface area contributed by atoms with Crippen molar-refractivity contribution in [1.29, 1.82) is 0 Å². The Labute approximate surface area is 88.9 Å². The Balaban J connectivity index is 2.08. The molecule has 0 saturated heterocycles. The van der Waals surface area contributed by atoms with Crippen LogP contribution in [0.4, 0.5) is 0 Å². The number of hydrogen-bond acceptors (Lipinski definition) is 6. The van der Waals surface area contributed by atoms with Crippen LogP contribution in [0.2, 0.25) is 0 Å². The summed E-state index contributed by atoms with van der Waals surface area (Å²) in [7, 11) is 0. The van der Waals surface area contributed by atoms with Gasteiger partial charge in [-0.3, -0.25) is 9.59 Å². The van der Waals surface area contributed by atoms with Gasteiger partial charge in [0.2, 0.25) is 5.91 Å². The predicted molar refractivity (Wildman–Crippen MR) is 54.0 cm³/mol. The minimum Gasteiger partial charge on any atom is -0.369 e. The number of aliphatic imine (C=N–C) groups is 1. The molecule has 2 rings (SSSR count). The van der Waals surface area contributed by atoms with E-state index in [1.807, 2.05) is 0 Å². The highest BCUT2D eigenvalue weighted by Gasteiger charge is 2.29. The molecule has 0 aromatic carbocycles. The molecule has 0 aromatic rings. The second-order valence-corrected chi connectivity index (χ2v) is 3.80. The number of fused-ring (bicyclic) bond motifs is 1. The molecule has 1 atom stereocenters. The summed E-state index contributed by atoms with van der Waals surface area (Å²) in [6.07, 6.45) is 0.813. The summed E-state index contributed by atoms with van der Waals surface area (Å²) < 4.78 is 0. The molecule has 78 valence electrons. The fourth-order valence-corrected chi connectivity index (χ4v) is 1.70. The number of rotatable bonds is 2. The Morgan fingerprint density at radius 3 is 3.20 bits per heavy atom. The number of nitrogens with one attached hydrogen (secondary N) is 1. The summed E-state index contributed by atoms with van der Waals surface area (Å²) in [6, 6.07) is 0. The number of nitrogens with zero attached hydrogens (tertiary/aromatic N) is 3. The van der Waals surface area contributed by atoms with Crippen LogP contribution in [0.5, 0.6) is 0 Å². The van der Waals surface area contributed by atoms with Gasteiger partial charge in [0.05, 0.1) is 17.5 Å². The molecule has 2 heterocycles. The van der Waals surface area contributed by atoms with E-state index in [-0.39, 0.29) is 11.7 Å². The van der Waals surface area contributed by atoms with Crippen LogP contribution in [0.25, 0.3) is 0 Å². The molecule has 0 radical (unpaired) electrons. The van der Waals surface area contributed by atoms with Gasteiger partial charge >= 0.3 is 0 Å². The molecular weight excluding hydrogens is 218 g/mol. The fraction of sp³-hybridized carbons (Fsp3) is 0.286. The normalized spacial score (nSPS) is 22.9. The number of hydrogen-bond donors (Lipinski definition) is 2. The van der Waals surface area contributed by atoms with E-state index in [9.17, 15) is 9.59 Å². The third-order valence-corrected chi connectivity index (χ3v) is 2.63. The van der Waals surface area contributed by atoms with Gasteiger partial charge in [-0.1, -0.05) is 11.8 Å². The second kappa shape index (κ2) is 3.81. The number of primary amides is 1. The maximum Gasteiger partial charge on any atom is 0.258 e. The molecule has 0 fully saturated rings. The Kier molecular flexibility index (Phi) is 2.50. The largest absolute Gasteiger partial charge is 0.369 e. The first kappa shape index (κ1) is 9.84. The number of carbonyl (C=O) groups is 2. The lowest BCUT2D eigenvalue weighted by Gasteiger charge is -2.16. The standard InChI is InChI=1S/C7H7N5O2S/c8-4(13)2-15-7-10-5-3(1-9-12-5)6(14)11-7/h1,5H,2H2,(H2,8,13)(H,10,11,14). The first-order chi connectivity index (χ1) is 7.16. The molecule has 0 spiro atoms. The molecule has 2 aliphatic rings. The maximum atomic E-state index is 11.4. The molecule has 2 amide bonds. The Morgan fingerprint density at radius 2 is 2.47 bits per heavy atom. The van der Waals surface area contributed by atoms with Crippen LogP contribution in [0, 0.1) is 0 Å². The molecule has 3 N–H and O–H groups in total. The summed E-state index contributed by atoms with van der Waals surface area (Å²) in [6.45, 7) is 0. The molecule has 8 heteroatoms. The van der Waals surface area contributed by atoms with Gasteiger partial charge in [0.1, 0.15) is 0 Å². The molecule has 0 bridgehead atoms. The lowest BCUT2D eigenvalue weighted by Crippen LogP contribution is -2.38. The molecule has 0 saturated carbocycles. The van der Waals surface area contributed by atoms with Gasteiger partial charge in [0, 0.05) is 0 Å². The zero-order valence-corrected chi connectivity index (χ0v) is 8.32.